The van der Waals surface area contributed by atoms with Crippen molar-refractivity contribution in [1.29, 1.82) is 0 Å². The third kappa shape index (κ3) is 3.16. The average Bonchev–Trinajstić information content (AvgIpc) is 2.38. The van der Waals surface area contributed by atoms with Gasteiger partial charge in [-0.05, 0) is 18.6 Å². The van der Waals surface area contributed by atoms with Crippen molar-refractivity contribution in [2.45, 2.75) is 11.8 Å². The average molecular weight is 359 g/mol. The number of para-hydroxylation sites is 1. The van der Waals surface area contributed by atoms with E-state index in [9.17, 15) is 14.5 Å². The van der Waals surface area contributed by atoms with Crippen molar-refractivity contribution >= 4 is 33.2 Å². The quantitative estimate of drug-likeness (QED) is 0.437. The van der Waals surface area contributed by atoms with Gasteiger partial charge in [0.25, 0.3) is 5.69 Å². The smallest absolute Gasteiger partial charge is 0.258 e. The van der Waals surface area contributed by atoms with Crippen molar-refractivity contribution in [1.82, 2.24) is 0 Å². The van der Waals surface area contributed by atoms with Crippen LogP contribution in [0.25, 0.3) is 0 Å². The molecule has 2 aromatic carbocycles. The molecule has 0 saturated heterocycles. The molecule has 0 aliphatic heterocycles. The number of rotatable bonds is 4. The summed E-state index contributed by atoms with van der Waals surface area (Å²) in [5.41, 5.74) is 0.783. The molecule has 2 aromatic rings. The third-order valence-electron chi connectivity index (χ3n) is 2.90. The molecule has 0 saturated carbocycles. The molecule has 0 spiro atoms. The second-order valence-electron chi connectivity index (χ2n) is 4.19. The van der Waals surface area contributed by atoms with Gasteiger partial charge in [-0.3, -0.25) is 10.1 Å². The second kappa shape index (κ2) is 6.33. The molecule has 1 unspecified atom stereocenters. The lowest BCUT2D eigenvalue weighted by Crippen LogP contribution is -2.03. The van der Waals surface area contributed by atoms with E-state index in [1.165, 1.54) is 12.1 Å². The predicted octanol–water partition coefficient (Wildman–Crippen LogP) is 5.02. The summed E-state index contributed by atoms with van der Waals surface area (Å²) in [4.78, 5) is 10.5. The fraction of sp³-hybridized carbons (Fsp3) is 0.143. The first-order chi connectivity index (χ1) is 9.50. The summed E-state index contributed by atoms with van der Waals surface area (Å²) < 4.78 is 14.4. The van der Waals surface area contributed by atoms with Crippen LogP contribution in [0.2, 0.25) is 0 Å². The Morgan fingerprint density at radius 1 is 1.25 bits per heavy atom. The normalized spacial score (nSPS) is 12.2. The zero-order valence-corrected chi connectivity index (χ0v) is 12.6. The monoisotopic (exact) mass is 357 g/mol. The Kier molecular flexibility index (Phi) is 4.73. The summed E-state index contributed by atoms with van der Waals surface area (Å²) >= 11 is 9.49. The molecule has 6 heteroatoms. The topological polar surface area (TPSA) is 43.1 Å². The van der Waals surface area contributed by atoms with Crippen molar-refractivity contribution in [2.75, 3.05) is 0 Å². The van der Waals surface area contributed by atoms with E-state index in [1.54, 1.807) is 30.3 Å². The number of nitro benzene ring substituents is 1. The summed E-state index contributed by atoms with van der Waals surface area (Å²) in [6.07, 6.45) is 0.179. The van der Waals surface area contributed by atoms with Gasteiger partial charge in [-0.2, -0.15) is 0 Å². The zero-order valence-electron chi connectivity index (χ0n) is 10.2. The van der Waals surface area contributed by atoms with Gasteiger partial charge in [0.1, 0.15) is 5.82 Å². The number of alkyl halides is 1. The Morgan fingerprint density at radius 2 is 1.95 bits per heavy atom. The largest absolute Gasteiger partial charge is 0.272 e. The van der Waals surface area contributed by atoms with Gasteiger partial charge < -0.3 is 0 Å². The number of nitro groups is 1. The van der Waals surface area contributed by atoms with Crippen LogP contribution >= 0.6 is 27.5 Å². The number of hydrogen-bond acceptors (Lipinski definition) is 2. The third-order valence-corrected chi connectivity index (χ3v) is 3.96. The molecule has 0 N–H and O–H groups in total. The number of nitrogens with zero attached hydrogens (tertiary/aromatic N) is 1. The first kappa shape index (κ1) is 14.9. The molecule has 3 nitrogen and oxygen atoms in total. The van der Waals surface area contributed by atoms with Gasteiger partial charge in [-0.25, -0.2) is 4.39 Å². The maximum absolute atomic E-state index is 13.8. The lowest BCUT2D eigenvalue weighted by atomic mass is 10.0. The molecule has 0 fully saturated rings. The first-order valence-corrected chi connectivity index (χ1v) is 7.04. The molecule has 0 bridgehead atoms. The van der Waals surface area contributed by atoms with Crippen LogP contribution in [-0.2, 0) is 6.42 Å². The molecule has 0 amide bonds. The Labute approximate surface area is 128 Å². The molecule has 0 aliphatic rings. The van der Waals surface area contributed by atoms with Crippen LogP contribution in [0.4, 0.5) is 10.1 Å². The van der Waals surface area contributed by atoms with Gasteiger partial charge in [0, 0.05) is 21.7 Å². The molecular formula is C14H10BrClFNO2. The number of halogens is 3. The fourth-order valence-corrected chi connectivity index (χ4v) is 3.10. The van der Waals surface area contributed by atoms with E-state index in [0.29, 0.717) is 15.6 Å². The summed E-state index contributed by atoms with van der Waals surface area (Å²) in [6.45, 7) is 0. The van der Waals surface area contributed by atoms with E-state index >= 15 is 0 Å². The lowest BCUT2D eigenvalue weighted by molar-refractivity contribution is -0.385. The summed E-state index contributed by atoms with van der Waals surface area (Å²) in [5, 5.41) is 10.3. The second-order valence-corrected chi connectivity index (χ2v) is 5.57. The molecule has 104 valence electrons. The number of benzene rings is 2. The van der Waals surface area contributed by atoms with E-state index < -0.39 is 16.1 Å². The van der Waals surface area contributed by atoms with Crippen molar-refractivity contribution < 1.29 is 9.31 Å². The zero-order chi connectivity index (χ0) is 14.7. The van der Waals surface area contributed by atoms with E-state index in [0.717, 1.165) is 0 Å². The standard InChI is InChI=1S/C14H10BrClFNO2/c15-10-5-3-6-12(17)14(10)11(16)8-9-4-1-2-7-13(9)18(19)20/h1-7,11H,8H2. The molecule has 0 aromatic heterocycles. The molecule has 1 atom stereocenters. The maximum Gasteiger partial charge on any atom is 0.272 e. The van der Waals surface area contributed by atoms with Gasteiger partial charge in [0.2, 0.25) is 0 Å². The van der Waals surface area contributed by atoms with Crippen LogP contribution in [0.15, 0.2) is 46.9 Å². The van der Waals surface area contributed by atoms with Crippen LogP contribution in [0.5, 0.6) is 0 Å². The Morgan fingerprint density at radius 3 is 2.60 bits per heavy atom. The van der Waals surface area contributed by atoms with Crippen LogP contribution < -0.4 is 0 Å². The lowest BCUT2D eigenvalue weighted by Gasteiger charge is -2.13. The van der Waals surface area contributed by atoms with Gasteiger partial charge in [-0.15, -0.1) is 11.6 Å². The SMILES string of the molecule is O=[N+]([O-])c1ccccc1CC(Cl)c1c(F)cccc1Br. The minimum Gasteiger partial charge on any atom is -0.258 e. The van der Waals surface area contributed by atoms with Crippen LogP contribution in [-0.4, -0.2) is 4.92 Å². The highest BCUT2D eigenvalue weighted by molar-refractivity contribution is 9.10. The Balaban J connectivity index is 2.33. The van der Waals surface area contributed by atoms with Gasteiger partial charge in [-0.1, -0.05) is 40.2 Å². The van der Waals surface area contributed by atoms with Gasteiger partial charge in [0.15, 0.2) is 0 Å². The Bertz CT molecular complexity index is 631. The summed E-state index contributed by atoms with van der Waals surface area (Å²) in [7, 11) is 0. The molecular weight excluding hydrogens is 349 g/mol. The van der Waals surface area contributed by atoms with Gasteiger partial charge >= 0.3 is 0 Å². The number of hydrogen-bond donors (Lipinski definition) is 0. The van der Waals surface area contributed by atoms with Gasteiger partial charge in [0.05, 0.1) is 10.3 Å². The summed E-state index contributed by atoms with van der Waals surface area (Å²) in [6, 6.07) is 10.9. The van der Waals surface area contributed by atoms with Crippen molar-refractivity contribution in [3.8, 4) is 0 Å². The van der Waals surface area contributed by atoms with Crippen molar-refractivity contribution in [3.05, 3.63) is 74.0 Å². The van der Waals surface area contributed by atoms with E-state index in [-0.39, 0.29) is 12.1 Å². The maximum atomic E-state index is 13.8. The van der Waals surface area contributed by atoms with Crippen molar-refractivity contribution in [2.24, 2.45) is 0 Å². The highest BCUT2D eigenvalue weighted by atomic mass is 79.9. The minimum absolute atomic E-state index is 0.00869. The molecule has 2 rings (SSSR count). The minimum atomic E-state index is -0.688. The van der Waals surface area contributed by atoms with E-state index in [1.807, 2.05) is 0 Å². The molecule has 0 aliphatic carbocycles. The molecule has 0 heterocycles. The van der Waals surface area contributed by atoms with Crippen LogP contribution in [0.3, 0.4) is 0 Å². The summed E-state index contributed by atoms with van der Waals surface area (Å²) in [5.74, 6) is -0.432. The van der Waals surface area contributed by atoms with Crippen LogP contribution in [0, 0.1) is 15.9 Å². The van der Waals surface area contributed by atoms with Crippen LogP contribution in [0.1, 0.15) is 16.5 Å². The molecule has 20 heavy (non-hydrogen) atoms. The molecule has 0 radical (unpaired) electrons. The predicted molar refractivity (Wildman–Crippen MR) is 79.5 cm³/mol. The highest BCUT2D eigenvalue weighted by Crippen LogP contribution is 2.34. The van der Waals surface area contributed by atoms with Crippen molar-refractivity contribution in [3.63, 3.8) is 0 Å². The highest BCUT2D eigenvalue weighted by Gasteiger charge is 2.21. The van der Waals surface area contributed by atoms with E-state index in [4.69, 9.17) is 11.6 Å². The first-order valence-electron chi connectivity index (χ1n) is 5.81. The van der Waals surface area contributed by atoms with E-state index in [2.05, 4.69) is 15.9 Å². The fourth-order valence-electron chi connectivity index (χ4n) is 1.97. The Hall–Kier alpha value is -1.46.